The van der Waals surface area contributed by atoms with Gasteiger partial charge in [0.25, 0.3) is 5.56 Å². The lowest BCUT2D eigenvalue weighted by molar-refractivity contribution is 1.12. The van der Waals surface area contributed by atoms with Gasteiger partial charge in [-0.2, -0.15) is 5.10 Å². The number of aryl methyl sites for hydroxylation is 1. The fourth-order valence-corrected chi connectivity index (χ4v) is 3.68. The predicted molar refractivity (Wildman–Crippen MR) is 103 cm³/mol. The fourth-order valence-electron chi connectivity index (χ4n) is 3.24. The normalized spacial score (nSPS) is 11.5. The molecule has 0 fully saturated rings. The quantitative estimate of drug-likeness (QED) is 0.483. The maximum Gasteiger partial charge on any atom is 0.272 e. The number of halogens is 2. The number of nitrogens with zero attached hydrogens (tertiary/aromatic N) is 1. The second-order valence-electron chi connectivity index (χ2n) is 5.84. The monoisotopic (exact) mass is 372 g/mol. The van der Waals surface area contributed by atoms with E-state index >= 15 is 0 Å². The number of fused-ring (bicyclic) bond motifs is 2. The number of hydrogen-bond acceptors (Lipinski definition) is 3. The van der Waals surface area contributed by atoms with Gasteiger partial charge in [0.15, 0.2) is 0 Å². The van der Waals surface area contributed by atoms with Crippen molar-refractivity contribution in [3.8, 4) is 11.1 Å². The molecule has 0 saturated heterocycles. The van der Waals surface area contributed by atoms with Crippen molar-refractivity contribution < 1.29 is 0 Å². The van der Waals surface area contributed by atoms with Crippen LogP contribution in [0.1, 0.15) is 12.5 Å². The van der Waals surface area contributed by atoms with Gasteiger partial charge in [0, 0.05) is 21.4 Å². The van der Waals surface area contributed by atoms with Gasteiger partial charge >= 0.3 is 0 Å². The standard InChI is InChI=1S/C18H14Cl2N4O/c1-2-8-5-9(19)6-11-14(15(21)18(25)23-16(8)11)10-3-4-13(20)17-12(10)7-22-24-17/h3-7H,2,21H2,1H3,(H,22,24)(H,23,25). The topological polar surface area (TPSA) is 87.6 Å². The average Bonchev–Trinajstić information content (AvgIpc) is 3.08. The number of pyridine rings is 1. The van der Waals surface area contributed by atoms with E-state index < -0.39 is 0 Å². The van der Waals surface area contributed by atoms with Crippen molar-refractivity contribution in [1.82, 2.24) is 15.2 Å². The highest BCUT2D eigenvalue weighted by atomic mass is 35.5. The number of H-pyrrole nitrogens is 2. The van der Waals surface area contributed by atoms with Crippen LogP contribution in [0.5, 0.6) is 0 Å². The zero-order valence-corrected chi connectivity index (χ0v) is 14.8. The Kier molecular flexibility index (Phi) is 3.71. The molecule has 7 heteroatoms. The molecule has 0 aliphatic carbocycles. The van der Waals surface area contributed by atoms with E-state index in [1.54, 1.807) is 12.3 Å². The molecule has 0 radical (unpaired) electrons. The van der Waals surface area contributed by atoms with E-state index in [0.29, 0.717) is 21.1 Å². The molecule has 0 atom stereocenters. The molecule has 0 saturated carbocycles. The number of anilines is 1. The second-order valence-corrected chi connectivity index (χ2v) is 6.68. The molecule has 0 amide bonds. The summed E-state index contributed by atoms with van der Waals surface area (Å²) in [5, 5.41) is 9.69. The minimum absolute atomic E-state index is 0.140. The first-order valence-corrected chi connectivity index (χ1v) is 8.52. The van der Waals surface area contributed by atoms with Crippen molar-refractivity contribution in [2.45, 2.75) is 13.3 Å². The van der Waals surface area contributed by atoms with E-state index in [-0.39, 0.29) is 11.2 Å². The third-order valence-corrected chi connectivity index (χ3v) is 4.95. The summed E-state index contributed by atoms with van der Waals surface area (Å²) in [6.07, 6.45) is 2.41. The number of aromatic nitrogens is 3. The maximum atomic E-state index is 12.5. The van der Waals surface area contributed by atoms with E-state index in [0.717, 1.165) is 33.8 Å². The molecule has 2 aromatic carbocycles. The highest BCUT2D eigenvalue weighted by molar-refractivity contribution is 6.35. The number of nitrogen functional groups attached to an aromatic ring is 1. The summed E-state index contributed by atoms with van der Waals surface area (Å²) < 4.78 is 0. The molecule has 0 spiro atoms. The van der Waals surface area contributed by atoms with Crippen LogP contribution in [0, 0.1) is 0 Å². The van der Waals surface area contributed by atoms with Gasteiger partial charge < -0.3 is 10.7 Å². The lowest BCUT2D eigenvalue weighted by atomic mass is 9.95. The lowest BCUT2D eigenvalue weighted by Gasteiger charge is -2.14. The molecular weight excluding hydrogens is 359 g/mol. The molecule has 4 aromatic rings. The number of nitrogens with one attached hydrogen (secondary N) is 2. The first-order valence-electron chi connectivity index (χ1n) is 7.77. The molecule has 5 nitrogen and oxygen atoms in total. The van der Waals surface area contributed by atoms with E-state index in [1.165, 1.54) is 0 Å². The van der Waals surface area contributed by atoms with Gasteiger partial charge in [0.1, 0.15) is 5.69 Å². The summed E-state index contributed by atoms with van der Waals surface area (Å²) in [4.78, 5) is 15.3. The molecule has 25 heavy (non-hydrogen) atoms. The molecule has 0 aliphatic heterocycles. The van der Waals surface area contributed by atoms with E-state index in [4.69, 9.17) is 28.9 Å². The Morgan fingerprint density at radius 3 is 2.72 bits per heavy atom. The summed E-state index contributed by atoms with van der Waals surface area (Å²) in [7, 11) is 0. The Morgan fingerprint density at radius 1 is 1.16 bits per heavy atom. The Bertz CT molecular complexity index is 1190. The number of benzene rings is 2. The van der Waals surface area contributed by atoms with Gasteiger partial charge in [-0.3, -0.25) is 9.89 Å². The van der Waals surface area contributed by atoms with Crippen LogP contribution in [0.3, 0.4) is 0 Å². The van der Waals surface area contributed by atoms with Crippen molar-refractivity contribution in [3.63, 3.8) is 0 Å². The van der Waals surface area contributed by atoms with Crippen LogP contribution in [0.25, 0.3) is 32.9 Å². The van der Waals surface area contributed by atoms with Crippen molar-refractivity contribution in [2.75, 3.05) is 5.73 Å². The average molecular weight is 373 g/mol. The predicted octanol–water partition coefficient (Wildman–Crippen LogP) is 4.52. The summed E-state index contributed by atoms with van der Waals surface area (Å²) in [6.45, 7) is 2.01. The molecule has 0 bridgehead atoms. The molecule has 126 valence electrons. The van der Waals surface area contributed by atoms with Crippen LogP contribution >= 0.6 is 23.2 Å². The van der Waals surface area contributed by atoms with Crippen LogP contribution < -0.4 is 11.3 Å². The van der Waals surface area contributed by atoms with E-state index in [9.17, 15) is 4.79 Å². The Hall–Kier alpha value is -2.50. The summed E-state index contributed by atoms with van der Waals surface area (Å²) >= 11 is 12.5. The SMILES string of the molecule is CCc1cc(Cl)cc2c(-c3ccc(Cl)c4[nH]ncc34)c(N)c(=O)[nH]c12. The van der Waals surface area contributed by atoms with Crippen LogP contribution in [-0.2, 0) is 6.42 Å². The lowest BCUT2D eigenvalue weighted by Crippen LogP contribution is -2.14. The largest absolute Gasteiger partial charge is 0.394 e. The number of hydrogen-bond donors (Lipinski definition) is 3. The molecule has 2 aromatic heterocycles. The van der Waals surface area contributed by atoms with Gasteiger partial charge in [-0.05, 0) is 35.7 Å². The second kappa shape index (κ2) is 5.79. The van der Waals surface area contributed by atoms with Crippen LogP contribution in [-0.4, -0.2) is 15.2 Å². The Balaban J connectivity index is 2.22. The van der Waals surface area contributed by atoms with Crippen molar-refractivity contribution in [2.24, 2.45) is 0 Å². The first kappa shape index (κ1) is 16.0. The van der Waals surface area contributed by atoms with Gasteiger partial charge in [0.2, 0.25) is 0 Å². The fraction of sp³-hybridized carbons (Fsp3) is 0.111. The molecule has 0 aliphatic rings. The highest BCUT2D eigenvalue weighted by Gasteiger charge is 2.18. The zero-order chi connectivity index (χ0) is 17.7. The minimum Gasteiger partial charge on any atom is -0.394 e. The van der Waals surface area contributed by atoms with Crippen molar-refractivity contribution >= 4 is 50.7 Å². The van der Waals surface area contributed by atoms with E-state index in [1.807, 2.05) is 25.1 Å². The van der Waals surface area contributed by atoms with Gasteiger partial charge in [-0.1, -0.05) is 36.2 Å². The van der Waals surface area contributed by atoms with Gasteiger partial charge in [0.05, 0.1) is 22.3 Å². The summed E-state index contributed by atoms with van der Waals surface area (Å²) in [5.41, 5.74) is 9.80. The van der Waals surface area contributed by atoms with E-state index in [2.05, 4.69) is 15.2 Å². The Morgan fingerprint density at radius 2 is 1.96 bits per heavy atom. The van der Waals surface area contributed by atoms with Gasteiger partial charge in [-0.25, -0.2) is 0 Å². The molecule has 0 unspecified atom stereocenters. The van der Waals surface area contributed by atoms with Gasteiger partial charge in [-0.15, -0.1) is 0 Å². The molecule has 4 N–H and O–H groups in total. The highest BCUT2D eigenvalue weighted by Crippen LogP contribution is 2.39. The van der Waals surface area contributed by atoms with Crippen molar-refractivity contribution in [1.29, 1.82) is 0 Å². The minimum atomic E-state index is -0.328. The zero-order valence-electron chi connectivity index (χ0n) is 13.3. The molecular formula is C18H14Cl2N4O. The third kappa shape index (κ3) is 2.39. The third-order valence-electron chi connectivity index (χ3n) is 4.42. The Labute approximate surface area is 152 Å². The summed E-state index contributed by atoms with van der Waals surface area (Å²) in [6, 6.07) is 7.28. The first-order chi connectivity index (χ1) is 12.0. The molecule has 2 heterocycles. The van der Waals surface area contributed by atoms with Crippen LogP contribution in [0.4, 0.5) is 5.69 Å². The number of nitrogens with two attached hydrogens (primary N) is 1. The van der Waals surface area contributed by atoms with Crippen LogP contribution in [0.2, 0.25) is 10.0 Å². The number of aromatic amines is 2. The number of rotatable bonds is 2. The smallest absolute Gasteiger partial charge is 0.272 e. The molecule has 4 rings (SSSR count). The van der Waals surface area contributed by atoms with Crippen molar-refractivity contribution in [3.05, 3.63) is 56.4 Å². The summed E-state index contributed by atoms with van der Waals surface area (Å²) in [5.74, 6) is 0. The van der Waals surface area contributed by atoms with Crippen LogP contribution in [0.15, 0.2) is 35.3 Å². The maximum absolute atomic E-state index is 12.5.